The largest absolute Gasteiger partial charge is 0.480 e. The molecule has 0 aromatic heterocycles. The molecule has 0 rings (SSSR count). The average Bonchev–Trinajstić information content (AvgIpc) is 2.14. The summed E-state index contributed by atoms with van der Waals surface area (Å²) in [6, 6.07) is -1.01. The molecule has 4 N–H and O–H groups in total. The molecule has 0 fully saturated rings. The number of hydrogen-bond donors (Lipinski definition) is 4. The molecule has 82 valence electrons. The van der Waals surface area contributed by atoms with Crippen molar-refractivity contribution in [1.82, 2.24) is 10.6 Å². The molecule has 6 heteroatoms. The molecule has 0 unspecified atom stereocenters. The first kappa shape index (κ1) is 12.9. The van der Waals surface area contributed by atoms with E-state index in [-0.39, 0.29) is 25.5 Å². The van der Waals surface area contributed by atoms with Crippen LogP contribution in [0.2, 0.25) is 0 Å². The first-order valence-corrected chi connectivity index (χ1v) is 4.45. The third-order valence-electron chi connectivity index (χ3n) is 1.59. The van der Waals surface area contributed by atoms with Gasteiger partial charge in [0.15, 0.2) is 0 Å². The van der Waals surface area contributed by atoms with Crippen molar-refractivity contribution in [2.24, 2.45) is 0 Å². The summed E-state index contributed by atoms with van der Waals surface area (Å²) in [4.78, 5) is 21.6. The Morgan fingerprint density at radius 1 is 1.43 bits per heavy atom. The van der Waals surface area contributed by atoms with E-state index in [0.717, 1.165) is 0 Å². The maximum Gasteiger partial charge on any atom is 0.326 e. The summed E-state index contributed by atoms with van der Waals surface area (Å²) < 4.78 is 0. The van der Waals surface area contributed by atoms with Gasteiger partial charge in [0, 0.05) is 13.0 Å². The Balaban J connectivity index is 3.90. The van der Waals surface area contributed by atoms with E-state index in [9.17, 15) is 9.59 Å². The first-order chi connectivity index (χ1) is 6.61. The van der Waals surface area contributed by atoms with E-state index in [1.807, 2.05) is 6.92 Å². The Bertz CT molecular complexity index is 196. The van der Waals surface area contributed by atoms with Crippen LogP contribution in [0.5, 0.6) is 0 Å². The van der Waals surface area contributed by atoms with E-state index in [2.05, 4.69) is 10.6 Å². The van der Waals surface area contributed by atoms with E-state index in [4.69, 9.17) is 10.2 Å². The van der Waals surface area contributed by atoms with E-state index in [0.29, 0.717) is 6.54 Å². The van der Waals surface area contributed by atoms with E-state index in [1.165, 1.54) is 0 Å². The van der Waals surface area contributed by atoms with Gasteiger partial charge in [0.25, 0.3) is 0 Å². The lowest BCUT2D eigenvalue weighted by molar-refractivity contribution is -0.142. The summed E-state index contributed by atoms with van der Waals surface area (Å²) in [6.45, 7) is 2.31. The number of aliphatic carboxylic acids is 1. The minimum absolute atomic E-state index is 0.0210. The topological polar surface area (TPSA) is 98.7 Å². The molecule has 0 radical (unpaired) electrons. The van der Waals surface area contributed by atoms with Gasteiger partial charge in [0.2, 0.25) is 5.91 Å². The lowest BCUT2D eigenvalue weighted by Crippen LogP contribution is -2.45. The minimum Gasteiger partial charge on any atom is -0.480 e. The fourth-order valence-corrected chi connectivity index (χ4v) is 0.870. The van der Waals surface area contributed by atoms with E-state index in [1.54, 1.807) is 0 Å². The lowest BCUT2D eigenvalue weighted by Gasteiger charge is -2.12. The van der Waals surface area contributed by atoms with Crippen molar-refractivity contribution in [2.45, 2.75) is 19.4 Å². The summed E-state index contributed by atoms with van der Waals surface area (Å²) in [7, 11) is 0. The number of rotatable bonds is 7. The van der Waals surface area contributed by atoms with Crippen LogP contribution in [0.25, 0.3) is 0 Å². The molecule has 0 aliphatic heterocycles. The van der Waals surface area contributed by atoms with Crippen molar-refractivity contribution in [2.75, 3.05) is 19.7 Å². The van der Waals surface area contributed by atoms with Crippen LogP contribution in [0.1, 0.15) is 13.3 Å². The molecule has 0 aromatic rings. The van der Waals surface area contributed by atoms with Crippen molar-refractivity contribution in [1.29, 1.82) is 0 Å². The van der Waals surface area contributed by atoms with Crippen molar-refractivity contribution >= 4 is 11.9 Å². The number of carbonyl (C=O) groups is 2. The molecule has 1 amide bonds. The van der Waals surface area contributed by atoms with Crippen molar-refractivity contribution in [3.05, 3.63) is 0 Å². The highest BCUT2D eigenvalue weighted by molar-refractivity contribution is 5.84. The molecule has 0 saturated carbocycles. The number of amides is 1. The Labute approximate surface area is 82.3 Å². The molecule has 6 nitrogen and oxygen atoms in total. The first-order valence-electron chi connectivity index (χ1n) is 4.45. The van der Waals surface area contributed by atoms with Gasteiger partial charge in [-0.25, -0.2) is 4.79 Å². The molecule has 0 spiro atoms. The van der Waals surface area contributed by atoms with Crippen LogP contribution in [-0.2, 0) is 9.59 Å². The predicted octanol–water partition coefficient (Wildman–Crippen LogP) is -1.45. The van der Waals surface area contributed by atoms with Crippen LogP contribution >= 0.6 is 0 Å². The zero-order valence-corrected chi connectivity index (χ0v) is 8.12. The molecule has 14 heavy (non-hydrogen) atoms. The molecule has 0 aliphatic rings. The Morgan fingerprint density at radius 2 is 2.07 bits per heavy atom. The van der Waals surface area contributed by atoms with Gasteiger partial charge in [0.05, 0.1) is 6.54 Å². The van der Waals surface area contributed by atoms with E-state index < -0.39 is 12.0 Å². The number of aliphatic hydroxyl groups excluding tert-OH is 1. The number of nitrogens with one attached hydrogen (secondary N) is 2. The molecule has 0 saturated heterocycles. The number of carboxylic acid groups (broad SMARTS) is 1. The summed E-state index contributed by atoms with van der Waals surface area (Å²) in [5.41, 5.74) is 0. The summed E-state index contributed by atoms with van der Waals surface area (Å²) >= 11 is 0. The highest BCUT2D eigenvalue weighted by Crippen LogP contribution is 1.90. The van der Waals surface area contributed by atoms with Gasteiger partial charge in [0.1, 0.15) is 6.04 Å². The number of carboxylic acids is 1. The van der Waals surface area contributed by atoms with Gasteiger partial charge in [-0.15, -0.1) is 0 Å². The molecular formula is C8H16N2O4. The fraction of sp³-hybridized carbons (Fsp3) is 0.750. The Morgan fingerprint density at radius 3 is 2.50 bits per heavy atom. The third-order valence-corrected chi connectivity index (χ3v) is 1.59. The summed E-state index contributed by atoms with van der Waals surface area (Å²) in [5.74, 6) is -1.52. The number of aliphatic hydroxyl groups is 1. The minimum atomic E-state index is -1.14. The summed E-state index contributed by atoms with van der Waals surface area (Å²) in [5, 5.41) is 22.2. The molecular weight excluding hydrogens is 188 g/mol. The maximum atomic E-state index is 11.1. The molecule has 0 heterocycles. The molecule has 1 atom stereocenters. The quantitative estimate of drug-likeness (QED) is 0.406. The normalized spacial score (nSPS) is 12.1. The van der Waals surface area contributed by atoms with Crippen molar-refractivity contribution in [3.8, 4) is 0 Å². The van der Waals surface area contributed by atoms with E-state index >= 15 is 0 Å². The summed E-state index contributed by atoms with van der Waals surface area (Å²) in [6.07, 6.45) is 0.0210. The second kappa shape index (κ2) is 7.28. The van der Waals surface area contributed by atoms with Gasteiger partial charge < -0.3 is 20.8 Å². The van der Waals surface area contributed by atoms with Gasteiger partial charge in [-0.05, 0) is 6.54 Å². The standard InChI is InChI=1S/C8H16N2O4/c1-2-9-5-7(12)10-6(3-4-11)8(13)14/h6,9,11H,2-5H2,1H3,(H,10,12)(H,13,14)/t6-/m1/s1. The van der Waals surface area contributed by atoms with Crippen LogP contribution in [0.4, 0.5) is 0 Å². The predicted molar refractivity (Wildman–Crippen MR) is 49.8 cm³/mol. The van der Waals surface area contributed by atoms with Crippen molar-refractivity contribution in [3.63, 3.8) is 0 Å². The average molecular weight is 204 g/mol. The fourth-order valence-electron chi connectivity index (χ4n) is 0.870. The van der Waals surface area contributed by atoms with Crippen LogP contribution in [0.3, 0.4) is 0 Å². The monoisotopic (exact) mass is 204 g/mol. The number of carbonyl (C=O) groups excluding carboxylic acids is 1. The smallest absolute Gasteiger partial charge is 0.326 e. The molecule has 0 bridgehead atoms. The van der Waals surface area contributed by atoms with Crippen LogP contribution in [0.15, 0.2) is 0 Å². The van der Waals surface area contributed by atoms with Crippen molar-refractivity contribution < 1.29 is 19.8 Å². The highest BCUT2D eigenvalue weighted by Gasteiger charge is 2.18. The third kappa shape index (κ3) is 5.50. The lowest BCUT2D eigenvalue weighted by atomic mass is 10.2. The maximum absolute atomic E-state index is 11.1. The Hall–Kier alpha value is -1.14. The van der Waals surface area contributed by atoms with Gasteiger partial charge in [-0.1, -0.05) is 6.92 Å². The van der Waals surface area contributed by atoms with Crippen LogP contribution in [0, 0.1) is 0 Å². The zero-order chi connectivity index (χ0) is 11.0. The SMILES string of the molecule is CCNCC(=O)N[C@H](CCO)C(=O)O. The van der Waals surface area contributed by atoms with Gasteiger partial charge in [-0.3, -0.25) is 4.79 Å². The number of hydrogen-bond acceptors (Lipinski definition) is 4. The number of likely N-dealkylation sites (N-methyl/N-ethyl adjacent to an activating group) is 1. The second-order valence-electron chi connectivity index (χ2n) is 2.75. The highest BCUT2D eigenvalue weighted by atomic mass is 16.4. The van der Waals surface area contributed by atoms with Crippen LogP contribution < -0.4 is 10.6 Å². The zero-order valence-electron chi connectivity index (χ0n) is 8.12. The Kier molecular flexibility index (Phi) is 6.69. The molecule has 0 aliphatic carbocycles. The molecule has 0 aromatic carbocycles. The van der Waals surface area contributed by atoms with Crippen LogP contribution in [-0.4, -0.2) is 47.8 Å². The van der Waals surface area contributed by atoms with Gasteiger partial charge >= 0.3 is 5.97 Å². The second-order valence-corrected chi connectivity index (χ2v) is 2.75. The van der Waals surface area contributed by atoms with Gasteiger partial charge in [-0.2, -0.15) is 0 Å².